The summed E-state index contributed by atoms with van der Waals surface area (Å²) >= 11 is 1.68. The highest BCUT2D eigenvalue weighted by Crippen LogP contribution is 2.17. The van der Waals surface area contributed by atoms with Gasteiger partial charge < -0.3 is 15.2 Å². The molecule has 0 radical (unpaired) electrons. The number of hydrogen-bond acceptors (Lipinski definition) is 6. The Hall–Kier alpha value is -1.96. The summed E-state index contributed by atoms with van der Waals surface area (Å²) in [7, 11) is 1.77. The van der Waals surface area contributed by atoms with Crippen LogP contribution in [-0.2, 0) is 13.0 Å². The largest absolute Gasteiger partial charge is 0.356 e. The standard InChI is InChI=1S/C17H28N6OS/c1-11(2)13-10-25-15(21-13)9-20-17(18-5)19-8-6-7-14-22-16(12(3)4)23-24-14/h10-12H,6-9H2,1-5H3,(H2,18,19,20). The van der Waals surface area contributed by atoms with Crippen LogP contribution in [0.3, 0.4) is 0 Å². The average Bonchev–Trinajstić information content (AvgIpc) is 3.23. The smallest absolute Gasteiger partial charge is 0.226 e. The fourth-order valence-corrected chi connectivity index (χ4v) is 3.00. The van der Waals surface area contributed by atoms with Crippen molar-refractivity contribution in [3.63, 3.8) is 0 Å². The number of aromatic nitrogens is 3. The van der Waals surface area contributed by atoms with Crippen LogP contribution in [0.25, 0.3) is 0 Å². The predicted molar refractivity (Wildman–Crippen MR) is 101 cm³/mol. The highest BCUT2D eigenvalue weighted by Gasteiger charge is 2.09. The fourth-order valence-electron chi connectivity index (χ4n) is 2.10. The van der Waals surface area contributed by atoms with Gasteiger partial charge in [0.25, 0.3) is 0 Å². The summed E-state index contributed by atoms with van der Waals surface area (Å²) < 4.78 is 5.24. The topological polar surface area (TPSA) is 88.2 Å². The second kappa shape index (κ2) is 9.50. The molecule has 0 fully saturated rings. The normalized spacial score (nSPS) is 12.2. The monoisotopic (exact) mass is 364 g/mol. The van der Waals surface area contributed by atoms with E-state index in [1.165, 1.54) is 0 Å². The lowest BCUT2D eigenvalue weighted by molar-refractivity contribution is 0.368. The van der Waals surface area contributed by atoms with Crippen LogP contribution >= 0.6 is 11.3 Å². The van der Waals surface area contributed by atoms with Crippen molar-refractivity contribution in [2.45, 2.75) is 58.9 Å². The number of nitrogens with zero attached hydrogens (tertiary/aromatic N) is 4. The summed E-state index contributed by atoms with van der Waals surface area (Å²) in [5.74, 6) is 2.99. The van der Waals surface area contributed by atoms with Crippen LogP contribution in [0.1, 0.15) is 68.4 Å². The summed E-state index contributed by atoms with van der Waals surface area (Å²) in [5.41, 5.74) is 1.14. The number of thiazole rings is 1. The summed E-state index contributed by atoms with van der Waals surface area (Å²) in [6, 6.07) is 0. The first-order valence-electron chi connectivity index (χ1n) is 8.71. The molecule has 0 aliphatic carbocycles. The molecule has 0 bridgehead atoms. The SMILES string of the molecule is CN=C(NCCCc1nc(C(C)C)no1)NCc1nc(C(C)C)cs1. The zero-order valence-corrected chi connectivity index (χ0v) is 16.5. The van der Waals surface area contributed by atoms with Crippen LogP contribution in [0.2, 0.25) is 0 Å². The van der Waals surface area contributed by atoms with Gasteiger partial charge in [-0.15, -0.1) is 11.3 Å². The Labute approximate surface area is 153 Å². The minimum atomic E-state index is 0.292. The lowest BCUT2D eigenvalue weighted by Gasteiger charge is -2.10. The van der Waals surface area contributed by atoms with E-state index in [1.807, 2.05) is 0 Å². The molecule has 0 aromatic carbocycles. The molecule has 8 heteroatoms. The van der Waals surface area contributed by atoms with Crippen molar-refractivity contribution < 1.29 is 4.52 Å². The third-order valence-corrected chi connectivity index (χ3v) is 4.52. The van der Waals surface area contributed by atoms with Gasteiger partial charge in [0.15, 0.2) is 11.8 Å². The minimum absolute atomic E-state index is 0.292. The summed E-state index contributed by atoms with van der Waals surface area (Å²) in [6.45, 7) is 9.88. The number of rotatable bonds is 8. The molecule has 2 aromatic heterocycles. The van der Waals surface area contributed by atoms with Gasteiger partial charge in [-0.3, -0.25) is 4.99 Å². The molecule has 25 heavy (non-hydrogen) atoms. The molecule has 0 saturated heterocycles. The van der Waals surface area contributed by atoms with Gasteiger partial charge in [-0.2, -0.15) is 4.98 Å². The molecule has 0 aliphatic rings. The highest BCUT2D eigenvalue weighted by molar-refractivity contribution is 7.09. The molecule has 0 saturated carbocycles. The molecule has 0 amide bonds. The maximum atomic E-state index is 5.24. The quantitative estimate of drug-likeness (QED) is 0.425. The molecule has 2 heterocycles. The third kappa shape index (κ3) is 6.12. The van der Waals surface area contributed by atoms with E-state index >= 15 is 0 Å². The fraction of sp³-hybridized carbons (Fsp3) is 0.647. The van der Waals surface area contributed by atoms with Crippen LogP contribution in [0, 0.1) is 0 Å². The van der Waals surface area contributed by atoms with E-state index in [0.29, 0.717) is 24.3 Å². The van der Waals surface area contributed by atoms with Crippen LogP contribution in [0.4, 0.5) is 0 Å². The molecule has 2 N–H and O–H groups in total. The number of hydrogen-bond donors (Lipinski definition) is 2. The molecular formula is C17H28N6OS. The predicted octanol–water partition coefficient (Wildman–Crippen LogP) is 3.07. The lowest BCUT2D eigenvalue weighted by atomic mass is 10.2. The van der Waals surface area contributed by atoms with E-state index < -0.39 is 0 Å². The van der Waals surface area contributed by atoms with Crippen molar-refractivity contribution >= 4 is 17.3 Å². The molecule has 0 atom stereocenters. The van der Waals surface area contributed by atoms with E-state index in [9.17, 15) is 0 Å². The summed E-state index contributed by atoms with van der Waals surface area (Å²) in [4.78, 5) is 13.2. The van der Waals surface area contributed by atoms with Gasteiger partial charge in [-0.25, -0.2) is 4.98 Å². The number of aliphatic imine (C=N–C) groups is 1. The molecule has 0 spiro atoms. The van der Waals surface area contributed by atoms with E-state index in [2.05, 4.69) is 63.8 Å². The maximum absolute atomic E-state index is 5.24. The van der Waals surface area contributed by atoms with Crippen LogP contribution in [0.15, 0.2) is 14.9 Å². The van der Waals surface area contributed by atoms with Gasteiger partial charge in [0, 0.05) is 31.3 Å². The van der Waals surface area contributed by atoms with Gasteiger partial charge in [0.1, 0.15) is 5.01 Å². The van der Waals surface area contributed by atoms with E-state index in [1.54, 1.807) is 18.4 Å². The highest BCUT2D eigenvalue weighted by atomic mass is 32.1. The third-order valence-electron chi connectivity index (χ3n) is 3.65. The van der Waals surface area contributed by atoms with Crippen molar-refractivity contribution in [1.82, 2.24) is 25.8 Å². The Kier molecular flexibility index (Phi) is 7.36. The van der Waals surface area contributed by atoms with Gasteiger partial charge in [-0.1, -0.05) is 32.9 Å². The van der Waals surface area contributed by atoms with Crippen LogP contribution in [0.5, 0.6) is 0 Å². The first kappa shape index (κ1) is 19.4. The van der Waals surface area contributed by atoms with Crippen molar-refractivity contribution in [3.05, 3.63) is 27.8 Å². The van der Waals surface area contributed by atoms with Gasteiger partial charge in [0.2, 0.25) is 5.89 Å². The average molecular weight is 365 g/mol. The van der Waals surface area contributed by atoms with E-state index in [4.69, 9.17) is 4.52 Å². The molecule has 0 unspecified atom stereocenters. The molecule has 2 aromatic rings. The molecule has 2 rings (SSSR count). The second-order valence-corrected chi connectivity index (χ2v) is 7.42. The number of guanidine groups is 1. The van der Waals surface area contributed by atoms with E-state index in [-0.39, 0.29) is 0 Å². The first-order chi connectivity index (χ1) is 12.0. The number of nitrogens with one attached hydrogen (secondary N) is 2. The van der Waals surface area contributed by atoms with Gasteiger partial charge in [0.05, 0.1) is 12.2 Å². The van der Waals surface area contributed by atoms with Crippen molar-refractivity contribution in [3.8, 4) is 0 Å². The Morgan fingerprint density at radius 3 is 2.60 bits per heavy atom. The maximum Gasteiger partial charge on any atom is 0.226 e. The second-order valence-electron chi connectivity index (χ2n) is 6.48. The summed E-state index contributed by atoms with van der Waals surface area (Å²) in [6.07, 6.45) is 1.66. The van der Waals surface area contributed by atoms with Crippen LogP contribution in [-0.4, -0.2) is 34.7 Å². The summed E-state index contributed by atoms with van der Waals surface area (Å²) in [5, 5.41) is 13.7. The van der Waals surface area contributed by atoms with E-state index in [0.717, 1.165) is 41.9 Å². The molecule has 7 nitrogen and oxygen atoms in total. The van der Waals surface area contributed by atoms with Crippen molar-refractivity contribution in [2.75, 3.05) is 13.6 Å². The van der Waals surface area contributed by atoms with Crippen molar-refractivity contribution in [2.24, 2.45) is 4.99 Å². The zero-order valence-electron chi connectivity index (χ0n) is 15.7. The van der Waals surface area contributed by atoms with Gasteiger partial charge in [-0.05, 0) is 12.3 Å². The Balaban J connectivity index is 1.69. The first-order valence-corrected chi connectivity index (χ1v) is 9.58. The Bertz CT molecular complexity index is 676. The minimum Gasteiger partial charge on any atom is -0.356 e. The molecule has 138 valence electrons. The van der Waals surface area contributed by atoms with Crippen LogP contribution < -0.4 is 10.6 Å². The van der Waals surface area contributed by atoms with Crippen molar-refractivity contribution in [1.29, 1.82) is 0 Å². The Morgan fingerprint density at radius 2 is 2.00 bits per heavy atom. The number of aryl methyl sites for hydroxylation is 1. The molecular weight excluding hydrogens is 336 g/mol. The van der Waals surface area contributed by atoms with Gasteiger partial charge >= 0.3 is 0 Å². The lowest BCUT2D eigenvalue weighted by Crippen LogP contribution is -2.37. The zero-order chi connectivity index (χ0) is 18.2. The Morgan fingerprint density at radius 1 is 1.20 bits per heavy atom. The molecule has 0 aliphatic heterocycles.